The fraction of sp³-hybridized carbons (Fsp3) is 0.259. The van der Waals surface area contributed by atoms with Crippen molar-refractivity contribution in [1.29, 1.82) is 0 Å². The Kier molecular flexibility index (Phi) is 6.99. The minimum Gasteiger partial charge on any atom is -0.494 e. The Hall–Kier alpha value is -3.31. The molecule has 4 rings (SSSR count). The second-order valence-corrected chi connectivity index (χ2v) is 8.64. The number of benzene rings is 2. The van der Waals surface area contributed by atoms with Crippen molar-refractivity contribution < 1.29 is 14.6 Å². The number of halogens is 1. The van der Waals surface area contributed by atoms with Crippen LogP contribution in [0.15, 0.2) is 61.1 Å². The van der Waals surface area contributed by atoms with Gasteiger partial charge in [0.05, 0.1) is 18.5 Å². The Bertz CT molecular complexity index is 1260. The lowest BCUT2D eigenvalue weighted by molar-refractivity contribution is -0.137. The molecule has 0 atom stereocenters. The van der Waals surface area contributed by atoms with E-state index in [2.05, 4.69) is 27.9 Å². The number of nitrogens with zero attached hydrogens (tertiary/aromatic N) is 2. The number of carboxylic acid groups (broad SMARTS) is 1. The molecule has 2 aromatic heterocycles. The van der Waals surface area contributed by atoms with Gasteiger partial charge in [-0.1, -0.05) is 35.9 Å². The van der Waals surface area contributed by atoms with E-state index in [1.807, 2.05) is 50.4 Å². The van der Waals surface area contributed by atoms with Crippen molar-refractivity contribution in [3.8, 4) is 16.9 Å². The lowest BCUT2D eigenvalue weighted by Gasteiger charge is -2.10. The largest absolute Gasteiger partial charge is 0.494 e. The molecule has 0 unspecified atom stereocenters. The molecule has 0 aliphatic rings. The van der Waals surface area contributed by atoms with E-state index in [4.69, 9.17) is 16.3 Å². The zero-order valence-corrected chi connectivity index (χ0v) is 19.6. The molecule has 170 valence electrons. The first-order valence-corrected chi connectivity index (χ1v) is 11.4. The van der Waals surface area contributed by atoms with Gasteiger partial charge in [-0.25, -0.2) is 0 Å². The van der Waals surface area contributed by atoms with E-state index >= 15 is 0 Å². The van der Waals surface area contributed by atoms with E-state index in [0.717, 1.165) is 56.8 Å². The summed E-state index contributed by atoms with van der Waals surface area (Å²) in [5.41, 5.74) is 6.33. The predicted octanol–water partition coefficient (Wildman–Crippen LogP) is 6.46. The quantitative estimate of drug-likeness (QED) is 0.290. The van der Waals surface area contributed by atoms with Crippen molar-refractivity contribution in [3.05, 3.63) is 82.8 Å². The van der Waals surface area contributed by atoms with Crippen LogP contribution in [0.3, 0.4) is 0 Å². The van der Waals surface area contributed by atoms with Crippen molar-refractivity contribution in [2.24, 2.45) is 0 Å². The number of fused-ring (bicyclic) bond motifs is 1. The van der Waals surface area contributed by atoms with Gasteiger partial charge >= 0.3 is 5.97 Å². The third-order valence-corrected chi connectivity index (χ3v) is 6.39. The zero-order valence-electron chi connectivity index (χ0n) is 18.8. The van der Waals surface area contributed by atoms with E-state index in [-0.39, 0.29) is 6.42 Å². The van der Waals surface area contributed by atoms with Gasteiger partial charge in [0.2, 0.25) is 0 Å². The molecule has 1 N–H and O–H groups in total. The van der Waals surface area contributed by atoms with Crippen LogP contribution in [0, 0.1) is 13.8 Å². The molecule has 0 radical (unpaired) electrons. The molecule has 0 aliphatic heterocycles. The molecular weight excluding hydrogens is 436 g/mol. The number of aliphatic carboxylic acids is 1. The van der Waals surface area contributed by atoms with Gasteiger partial charge in [0, 0.05) is 46.7 Å². The number of carboxylic acids is 1. The second kappa shape index (κ2) is 10.1. The number of carbonyl (C=O) groups is 1. The van der Waals surface area contributed by atoms with Crippen LogP contribution in [0.4, 0.5) is 0 Å². The molecule has 0 fully saturated rings. The monoisotopic (exact) mass is 462 g/mol. The molecule has 6 heteroatoms. The van der Waals surface area contributed by atoms with Gasteiger partial charge < -0.3 is 14.4 Å². The summed E-state index contributed by atoms with van der Waals surface area (Å²) in [7, 11) is 0. The molecule has 0 saturated carbocycles. The van der Waals surface area contributed by atoms with Crippen molar-refractivity contribution in [1.82, 2.24) is 9.55 Å². The van der Waals surface area contributed by atoms with Crippen molar-refractivity contribution in [2.75, 3.05) is 6.61 Å². The van der Waals surface area contributed by atoms with Gasteiger partial charge in [-0.3, -0.25) is 9.78 Å². The minimum atomic E-state index is -0.806. The molecule has 0 spiro atoms. The number of hydrogen-bond acceptors (Lipinski definition) is 3. The zero-order chi connectivity index (χ0) is 23.4. The minimum absolute atomic E-state index is 0.0724. The van der Waals surface area contributed by atoms with Gasteiger partial charge in [-0.05, 0) is 61.6 Å². The first-order chi connectivity index (χ1) is 15.9. The highest BCUT2D eigenvalue weighted by atomic mass is 35.5. The smallest absolute Gasteiger partial charge is 0.305 e. The molecule has 2 aromatic carbocycles. The van der Waals surface area contributed by atoms with Crippen LogP contribution in [0.1, 0.15) is 29.5 Å². The number of hydrogen-bond donors (Lipinski definition) is 1. The SMILES string of the molecule is Cc1cc(OCCCc2cn(CCC(=O)O)c3c(-c4cccnc4)cccc23)cc(C)c1Cl. The molecule has 0 bridgehead atoms. The number of ether oxygens (including phenoxy) is 1. The average molecular weight is 463 g/mol. The average Bonchev–Trinajstić information content (AvgIpc) is 3.17. The van der Waals surface area contributed by atoms with Crippen LogP contribution in [0.2, 0.25) is 5.02 Å². The lowest BCUT2D eigenvalue weighted by atomic mass is 10.0. The first-order valence-electron chi connectivity index (χ1n) is 11.1. The summed E-state index contributed by atoms with van der Waals surface area (Å²) in [5, 5.41) is 11.1. The summed E-state index contributed by atoms with van der Waals surface area (Å²) in [6.45, 7) is 4.97. The number of pyridine rings is 1. The first kappa shape index (κ1) is 22.9. The van der Waals surface area contributed by atoms with Gasteiger partial charge in [0.1, 0.15) is 5.75 Å². The summed E-state index contributed by atoms with van der Waals surface area (Å²) >= 11 is 6.25. The molecule has 33 heavy (non-hydrogen) atoms. The van der Waals surface area contributed by atoms with Gasteiger partial charge in [-0.2, -0.15) is 0 Å². The standard InChI is InChI=1S/C27H27ClN2O3/c1-18-14-22(15-19(2)26(18)28)33-13-5-7-21-17-30(12-10-25(31)32)27-23(8-3-9-24(21)27)20-6-4-11-29-16-20/h3-4,6,8-9,11,14-17H,5,7,10,12-13H2,1-2H3,(H,31,32). The lowest BCUT2D eigenvalue weighted by Crippen LogP contribution is -2.04. The van der Waals surface area contributed by atoms with Crippen molar-refractivity contribution >= 4 is 28.5 Å². The fourth-order valence-corrected chi connectivity index (χ4v) is 4.33. The Labute approximate surface area is 198 Å². The predicted molar refractivity (Wildman–Crippen MR) is 132 cm³/mol. The Balaban J connectivity index is 1.56. The number of aryl methyl sites for hydroxylation is 4. The summed E-state index contributed by atoms with van der Waals surface area (Å²) in [6.07, 6.45) is 7.43. The van der Waals surface area contributed by atoms with Gasteiger partial charge in [0.25, 0.3) is 0 Å². The molecule has 5 nitrogen and oxygen atoms in total. The van der Waals surface area contributed by atoms with Crippen LogP contribution in [0.25, 0.3) is 22.0 Å². The van der Waals surface area contributed by atoms with Crippen molar-refractivity contribution in [3.63, 3.8) is 0 Å². The Morgan fingerprint density at radius 1 is 1.15 bits per heavy atom. The second-order valence-electron chi connectivity index (χ2n) is 8.26. The summed E-state index contributed by atoms with van der Waals surface area (Å²) in [5.74, 6) is 0.0244. The Morgan fingerprint density at radius 3 is 2.64 bits per heavy atom. The van der Waals surface area contributed by atoms with Crippen LogP contribution < -0.4 is 4.74 Å². The van der Waals surface area contributed by atoms with E-state index in [9.17, 15) is 9.90 Å². The third-order valence-electron chi connectivity index (χ3n) is 5.79. The molecule has 0 saturated heterocycles. The maximum Gasteiger partial charge on any atom is 0.305 e. The normalized spacial score (nSPS) is 11.1. The maximum atomic E-state index is 11.2. The fourth-order valence-electron chi connectivity index (χ4n) is 4.22. The molecule has 0 amide bonds. The summed E-state index contributed by atoms with van der Waals surface area (Å²) < 4.78 is 8.05. The number of rotatable bonds is 9. The van der Waals surface area contributed by atoms with Crippen LogP contribution in [-0.4, -0.2) is 27.2 Å². The van der Waals surface area contributed by atoms with Crippen LogP contribution >= 0.6 is 11.6 Å². The Morgan fingerprint density at radius 2 is 1.94 bits per heavy atom. The maximum absolute atomic E-state index is 11.2. The van der Waals surface area contributed by atoms with Crippen LogP contribution in [-0.2, 0) is 17.8 Å². The summed E-state index contributed by atoms with van der Waals surface area (Å²) in [4.78, 5) is 15.5. The van der Waals surface area contributed by atoms with Gasteiger partial charge in [-0.15, -0.1) is 0 Å². The highest BCUT2D eigenvalue weighted by Crippen LogP contribution is 2.32. The highest BCUT2D eigenvalue weighted by Gasteiger charge is 2.14. The van der Waals surface area contributed by atoms with E-state index in [0.29, 0.717) is 13.2 Å². The molecule has 0 aliphatic carbocycles. The van der Waals surface area contributed by atoms with E-state index in [1.165, 1.54) is 5.56 Å². The number of aromatic nitrogens is 2. The topological polar surface area (TPSA) is 64.3 Å². The van der Waals surface area contributed by atoms with Crippen LogP contribution in [0.5, 0.6) is 5.75 Å². The third kappa shape index (κ3) is 5.20. The summed E-state index contributed by atoms with van der Waals surface area (Å²) in [6, 6.07) is 14.1. The van der Waals surface area contributed by atoms with E-state index < -0.39 is 5.97 Å². The van der Waals surface area contributed by atoms with E-state index in [1.54, 1.807) is 6.20 Å². The highest BCUT2D eigenvalue weighted by molar-refractivity contribution is 6.32. The number of para-hydroxylation sites is 1. The molecule has 2 heterocycles. The molecular formula is C27H27ClN2O3. The van der Waals surface area contributed by atoms with Gasteiger partial charge in [0.15, 0.2) is 0 Å². The van der Waals surface area contributed by atoms with Crippen molar-refractivity contribution in [2.45, 2.75) is 39.7 Å². The molecule has 4 aromatic rings.